The van der Waals surface area contributed by atoms with Crippen LogP contribution < -0.4 is 5.73 Å². The molecule has 120 valence electrons. The van der Waals surface area contributed by atoms with E-state index in [1.807, 2.05) is 0 Å². The number of hydrogen-bond donors (Lipinski definition) is 1. The summed E-state index contributed by atoms with van der Waals surface area (Å²) in [6.45, 7) is 15.4. The van der Waals surface area contributed by atoms with E-state index in [9.17, 15) is 4.79 Å². The minimum absolute atomic E-state index is 0.00526. The van der Waals surface area contributed by atoms with E-state index in [1.54, 1.807) is 0 Å². The van der Waals surface area contributed by atoms with Crippen molar-refractivity contribution in [2.45, 2.75) is 60.8 Å². The maximum atomic E-state index is 12.7. The van der Waals surface area contributed by atoms with Crippen molar-refractivity contribution in [2.75, 3.05) is 19.6 Å². The average molecular weight is 284 g/mol. The summed E-state index contributed by atoms with van der Waals surface area (Å²) in [6, 6.07) is 0. The fourth-order valence-electron chi connectivity index (χ4n) is 2.29. The Hall–Kier alpha value is -0.570. The molecule has 0 saturated heterocycles. The van der Waals surface area contributed by atoms with E-state index < -0.39 is 0 Å². The van der Waals surface area contributed by atoms with Gasteiger partial charge in [0, 0.05) is 19.6 Å². The van der Waals surface area contributed by atoms with Crippen LogP contribution in [0.25, 0.3) is 0 Å². The summed E-state index contributed by atoms with van der Waals surface area (Å²) in [6.07, 6.45) is 3.04. The SMILES string of the molecule is CC(C)CCN(CCC(C)C)C(=O)C(CN)CC(C)C. The summed E-state index contributed by atoms with van der Waals surface area (Å²) in [5.41, 5.74) is 5.82. The smallest absolute Gasteiger partial charge is 0.226 e. The minimum atomic E-state index is -0.00526. The highest BCUT2D eigenvalue weighted by Gasteiger charge is 2.24. The molecule has 0 fully saturated rings. The summed E-state index contributed by atoms with van der Waals surface area (Å²) in [5, 5.41) is 0. The lowest BCUT2D eigenvalue weighted by molar-refractivity contribution is -0.136. The molecule has 0 aromatic rings. The van der Waals surface area contributed by atoms with Crippen molar-refractivity contribution >= 4 is 5.91 Å². The second-order valence-electron chi connectivity index (χ2n) is 7.25. The molecular weight excluding hydrogens is 248 g/mol. The molecule has 20 heavy (non-hydrogen) atoms. The molecule has 3 nitrogen and oxygen atoms in total. The molecule has 1 atom stereocenters. The van der Waals surface area contributed by atoms with Gasteiger partial charge >= 0.3 is 0 Å². The van der Waals surface area contributed by atoms with E-state index >= 15 is 0 Å². The largest absolute Gasteiger partial charge is 0.342 e. The number of carbonyl (C=O) groups is 1. The first-order valence-electron chi connectivity index (χ1n) is 8.26. The maximum Gasteiger partial charge on any atom is 0.226 e. The molecular formula is C17H36N2O. The Morgan fingerprint density at radius 2 is 1.35 bits per heavy atom. The number of amides is 1. The van der Waals surface area contributed by atoms with Crippen LogP contribution in [0.1, 0.15) is 60.8 Å². The molecule has 0 aromatic heterocycles. The zero-order chi connectivity index (χ0) is 15.7. The van der Waals surface area contributed by atoms with Crippen molar-refractivity contribution in [1.29, 1.82) is 0 Å². The van der Waals surface area contributed by atoms with E-state index in [0.717, 1.165) is 32.4 Å². The molecule has 0 heterocycles. The number of carbonyl (C=O) groups excluding carboxylic acids is 1. The van der Waals surface area contributed by atoms with Crippen molar-refractivity contribution in [3.63, 3.8) is 0 Å². The topological polar surface area (TPSA) is 46.3 Å². The molecule has 0 rings (SSSR count). The van der Waals surface area contributed by atoms with Gasteiger partial charge in [0.25, 0.3) is 0 Å². The summed E-state index contributed by atoms with van der Waals surface area (Å²) in [7, 11) is 0. The van der Waals surface area contributed by atoms with Gasteiger partial charge in [0.2, 0.25) is 5.91 Å². The minimum Gasteiger partial charge on any atom is -0.342 e. The van der Waals surface area contributed by atoms with Crippen molar-refractivity contribution in [3.05, 3.63) is 0 Å². The fraction of sp³-hybridized carbons (Fsp3) is 0.941. The average Bonchev–Trinajstić information content (AvgIpc) is 2.34. The molecule has 0 saturated carbocycles. The van der Waals surface area contributed by atoms with Crippen LogP contribution in [-0.4, -0.2) is 30.4 Å². The lowest BCUT2D eigenvalue weighted by Crippen LogP contribution is -2.41. The summed E-state index contributed by atoms with van der Waals surface area (Å²) < 4.78 is 0. The first kappa shape index (κ1) is 19.4. The van der Waals surface area contributed by atoms with Gasteiger partial charge in [-0.15, -0.1) is 0 Å². The zero-order valence-electron chi connectivity index (χ0n) is 14.5. The second kappa shape index (κ2) is 10.2. The molecule has 0 spiro atoms. The standard InChI is InChI=1S/C17H36N2O/c1-13(2)7-9-19(10-8-14(3)4)17(20)16(12-18)11-15(5)6/h13-16H,7-12,18H2,1-6H3. The van der Waals surface area contributed by atoms with E-state index in [4.69, 9.17) is 5.73 Å². The van der Waals surface area contributed by atoms with Crippen LogP contribution in [0.15, 0.2) is 0 Å². The molecule has 3 heteroatoms. The van der Waals surface area contributed by atoms with Crippen LogP contribution in [0.4, 0.5) is 0 Å². The van der Waals surface area contributed by atoms with Crippen LogP contribution in [0.3, 0.4) is 0 Å². The normalized spacial score (nSPS) is 13.3. The Morgan fingerprint density at radius 3 is 1.65 bits per heavy atom. The van der Waals surface area contributed by atoms with Crippen LogP contribution in [0, 0.1) is 23.7 Å². The highest BCUT2D eigenvalue weighted by Crippen LogP contribution is 2.16. The number of rotatable bonds is 10. The van der Waals surface area contributed by atoms with Crippen LogP contribution in [0.2, 0.25) is 0 Å². The van der Waals surface area contributed by atoms with E-state index in [0.29, 0.717) is 24.3 Å². The maximum absolute atomic E-state index is 12.7. The van der Waals surface area contributed by atoms with Gasteiger partial charge in [0.1, 0.15) is 0 Å². The molecule has 0 radical (unpaired) electrons. The van der Waals surface area contributed by atoms with Gasteiger partial charge in [-0.2, -0.15) is 0 Å². The highest BCUT2D eigenvalue weighted by atomic mass is 16.2. The molecule has 0 bridgehead atoms. The number of nitrogens with zero attached hydrogens (tertiary/aromatic N) is 1. The molecule has 1 unspecified atom stereocenters. The zero-order valence-corrected chi connectivity index (χ0v) is 14.5. The predicted molar refractivity (Wildman–Crippen MR) is 87.5 cm³/mol. The van der Waals surface area contributed by atoms with E-state index in [1.165, 1.54) is 0 Å². The third kappa shape index (κ3) is 8.57. The first-order chi connectivity index (χ1) is 9.27. The molecule has 1 amide bonds. The van der Waals surface area contributed by atoms with Crippen molar-refractivity contribution in [2.24, 2.45) is 29.4 Å². The summed E-state index contributed by atoms with van der Waals surface area (Å²) in [5.74, 6) is 2.04. The third-order valence-corrected chi connectivity index (χ3v) is 3.65. The van der Waals surface area contributed by atoms with Crippen LogP contribution in [-0.2, 0) is 4.79 Å². The third-order valence-electron chi connectivity index (χ3n) is 3.65. The Morgan fingerprint density at radius 1 is 0.900 bits per heavy atom. The van der Waals surface area contributed by atoms with Crippen molar-refractivity contribution < 1.29 is 4.79 Å². The van der Waals surface area contributed by atoms with Gasteiger partial charge in [-0.1, -0.05) is 41.5 Å². The van der Waals surface area contributed by atoms with Crippen LogP contribution >= 0.6 is 0 Å². The fourth-order valence-corrected chi connectivity index (χ4v) is 2.29. The molecule has 0 aliphatic rings. The van der Waals surface area contributed by atoms with E-state index in [-0.39, 0.29) is 11.8 Å². The molecule has 0 aliphatic heterocycles. The lowest BCUT2D eigenvalue weighted by atomic mass is 9.95. The van der Waals surface area contributed by atoms with Gasteiger partial charge in [-0.25, -0.2) is 0 Å². The van der Waals surface area contributed by atoms with Crippen molar-refractivity contribution in [1.82, 2.24) is 4.90 Å². The van der Waals surface area contributed by atoms with Gasteiger partial charge in [-0.05, 0) is 37.0 Å². The molecule has 0 aromatic carbocycles. The van der Waals surface area contributed by atoms with Gasteiger partial charge < -0.3 is 10.6 Å². The summed E-state index contributed by atoms with van der Waals surface area (Å²) >= 11 is 0. The van der Waals surface area contributed by atoms with Gasteiger partial charge in [-0.3, -0.25) is 4.79 Å². The predicted octanol–water partition coefficient (Wildman–Crippen LogP) is 3.53. The Labute approximate surface area is 126 Å². The first-order valence-corrected chi connectivity index (χ1v) is 8.26. The Bertz CT molecular complexity index is 250. The second-order valence-corrected chi connectivity index (χ2v) is 7.25. The van der Waals surface area contributed by atoms with Gasteiger partial charge in [0.15, 0.2) is 0 Å². The lowest BCUT2D eigenvalue weighted by Gasteiger charge is -2.29. The Kier molecular flexibility index (Phi) is 9.91. The quantitative estimate of drug-likeness (QED) is 0.667. The van der Waals surface area contributed by atoms with Gasteiger partial charge in [0.05, 0.1) is 5.92 Å². The summed E-state index contributed by atoms with van der Waals surface area (Å²) in [4.78, 5) is 14.7. The monoisotopic (exact) mass is 284 g/mol. The number of hydrogen-bond acceptors (Lipinski definition) is 2. The van der Waals surface area contributed by atoms with Crippen LogP contribution in [0.5, 0.6) is 0 Å². The Balaban J connectivity index is 4.65. The highest BCUT2D eigenvalue weighted by molar-refractivity contribution is 5.79. The molecule has 0 aliphatic carbocycles. The number of nitrogens with two attached hydrogens (primary N) is 1. The molecule has 2 N–H and O–H groups in total. The van der Waals surface area contributed by atoms with E-state index in [2.05, 4.69) is 46.4 Å². The van der Waals surface area contributed by atoms with Crippen molar-refractivity contribution in [3.8, 4) is 0 Å².